The summed E-state index contributed by atoms with van der Waals surface area (Å²) in [5, 5.41) is 1.15. The van der Waals surface area contributed by atoms with E-state index in [0.29, 0.717) is 10.0 Å². The third-order valence-electron chi connectivity index (χ3n) is 4.34. The molecule has 2 rings (SSSR count). The largest absolute Gasteiger partial charge is 0.296 e. The summed E-state index contributed by atoms with van der Waals surface area (Å²) in [6.07, 6.45) is 3.79. The van der Waals surface area contributed by atoms with Gasteiger partial charge in [0.1, 0.15) is 0 Å². The van der Waals surface area contributed by atoms with Gasteiger partial charge in [0.05, 0.1) is 16.1 Å². The minimum atomic E-state index is -0.122. The van der Waals surface area contributed by atoms with Crippen LogP contribution in [0.5, 0.6) is 0 Å². The van der Waals surface area contributed by atoms with Crippen molar-refractivity contribution in [1.29, 1.82) is 0 Å². The summed E-state index contributed by atoms with van der Waals surface area (Å²) in [5.41, 5.74) is 3.77. The Morgan fingerprint density at radius 1 is 1.20 bits per heavy atom. The smallest absolute Gasteiger partial charge is 0.0653 e. The highest BCUT2D eigenvalue weighted by Gasteiger charge is 2.37. The van der Waals surface area contributed by atoms with Gasteiger partial charge in [0.15, 0.2) is 0 Å². The Morgan fingerprint density at radius 2 is 1.85 bits per heavy atom. The van der Waals surface area contributed by atoms with E-state index >= 15 is 0 Å². The molecular weight excluding hydrogens is 293 g/mol. The van der Waals surface area contributed by atoms with E-state index in [4.69, 9.17) is 29.0 Å². The highest BCUT2D eigenvalue weighted by atomic mass is 35.5. The number of likely N-dealkylation sites (tertiary alicyclic amines) is 1. The minimum absolute atomic E-state index is 0.0631. The SMILES string of the molecule is CC(C)(C(NN)c1cccc(Cl)c1Cl)N1CCCCC1. The maximum absolute atomic E-state index is 6.37. The molecule has 1 saturated heterocycles. The fourth-order valence-electron chi connectivity index (χ4n) is 3.07. The summed E-state index contributed by atoms with van der Waals surface area (Å²) < 4.78 is 0. The Morgan fingerprint density at radius 3 is 2.45 bits per heavy atom. The Hall–Kier alpha value is -0.320. The van der Waals surface area contributed by atoms with Gasteiger partial charge in [-0.05, 0) is 51.4 Å². The van der Waals surface area contributed by atoms with Gasteiger partial charge in [-0.1, -0.05) is 41.8 Å². The van der Waals surface area contributed by atoms with Crippen molar-refractivity contribution < 1.29 is 0 Å². The van der Waals surface area contributed by atoms with Crippen LogP contribution in [0.15, 0.2) is 18.2 Å². The van der Waals surface area contributed by atoms with Crippen LogP contribution < -0.4 is 11.3 Å². The lowest BCUT2D eigenvalue weighted by Crippen LogP contribution is -2.55. The molecule has 20 heavy (non-hydrogen) atoms. The monoisotopic (exact) mass is 315 g/mol. The molecule has 0 aromatic heterocycles. The molecule has 0 amide bonds. The van der Waals surface area contributed by atoms with Gasteiger partial charge < -0.3 is 0 Å². The van der Waals surface area contributed by atoms with Crippen LogP contribution in [0.2, 0.25) is 10.0 Å². The van der Waals surface area contributed by atoms with Crippen molar-refractivity contribution in [3.8, 4) is 0 Å². The Kier molecular flexibility index (Phi) is 5.32. The zero-order valence-electron chi connectivity index (χ0n) is 12.1. The molecule has 0 saturated carbocycles. The normalized spacial score (nSPS) is 19.1. The summed E-state index contributed by atoms with van der Waals surface area (Å²) in [4.78, 5) is 2.48. The van der Waals surface area contributed by atoms with E-state index in [0.717, 1.165) is 18.7 Å². The number of hydrogen-bond acceptors (Lipinski definition) is 3. The first-order valence-electron chi connectivity index (χ1n) is 7.13. The van der Waals surface area contributed by atoms with Crippen LogP contribution in [-0.2, 0) is 0 Å². The van der Waals surface area contributed by atoms with Crippen LogP contribution in [0.3, 0.4) is 0 Å². The standard InChI is InChI=1S/C15H23Cl2N3/c1-15(2,20-9-4-3-5-10-20)14(19-18)11-7-6-8-12(16)13(11)17/h6-8,14,19H,3-5,9-10,18H2,1-2H3. The number of hydrazine groups is 1. The van der Waals surface area contributed by atoms with Gasteiger partial charge in [-0.25, -0.2) is 0 Å². The Bertz CT molecular complexity index is 456. The van der Waals surface area contributed by atoms with Gasteiger partial charge in [0.25, 0.3) is 0 Å². The van der Waals surface area contributed by atoms with Crippen molar-refractivity contribution in [2.24, 2.45) is 5.84 Å². The number of hydrogen-bond donors (Lipinski definition) is 2. The number of rotatable bonds is 4. The van der Waals surface area contributed by atoms with E-state index in [9.17, 15) is 0 Å². The van der Waals surface area contributed by atoms with Gasteiger partial charge in [-0.15, -0.1) is 0 Å². The molecule has 1 fully saturated rings. The molecule has 0 spiro atoms. The number of benzene rings is 1. The lowest BCUT2D eigenvalue weighted by atomic mass is 9.86. The maximum atomic E-state index is 6.37. The lowest BCUT2D eigenvalue weighted by molar-refractivity contribution is 0.0608. The lowest BCUT2D eigenvalue weighted by Gasteiger charge is -2.46. The second-order valence-corrected chi connectivity index (χ2v) is 6.73. The van der Waals surface area contributed by atoms with E-state index in [1.54, 1.807) is 6.07 Å². The average molecular weight is 316 g/mol. The molecule has 0 aliphatic carbocycles. The van der Waals surface area contributed by atoms with Gasteiger partial charge in [-0.2, -0.15) is 0 Å². The summed E-state index contributed by atoms with van der Waals surface area (Å²) in [7, 11) is 0. The Labute approximate surface area is 131 Å². The van der Waals surface area contributed by atoms with E-state index in [1.807, 2.05) is 12.1 Å². The molecule has 1 unspecified atom stereocenters. The highest BCUT2D eigenvalue weighted by Crippen LogP contribution is 2.38. The highest BCUT2D eigenvalue weighted by molar-refractivity contribution is 6.42. The molecule has 1 atom stereocenters. The average Bonchev–Trinajstić information content (AvgIpc) is 2.45. The van der Waals surface area contributed by atoms with Crippen LogP contribution in [0.1, 0.15) is 44.7 Å². The molecule has 3 N–H and O–H groups in total. The minimum Gasteiger partial charge on any atom is -0.296 e. The molecule has 3 nitrogen and oxygen atoms in total. The number of piperidine rings is 1. The van der Waals surface area contributed by atoms with E-state index in [-0.39, 0.29) is 11.6 Å². The zero-order chi connectivity index (χ0) is 14.8. The van der Waals surface area contributed by atoms with Crippen molar-refractivity contribution in [2.75, 3.05) is 13.1 Å². The predicted octanol–water partition coefficient (Wildman–Crippen LogP) is 3.76. The number of nitrogens with two attached hydrogens (primary N) is 1. The molecular formula is C15H23Cl2N3. The fourth-order valence-corrected chi connectivity index (χ4v) is 3.49. The summed E-state index contributed by atoms with van der Waals surface area (Å²) in [6.45, 7) is 6.62. The zero-order valence-corrected chi connectivity index (χ0v) is 13.6. The quantitative estimate of drug-likeness (QED) is 0.656. The first-order chi connectivity index (χ1) is 9.48. The van der Waals surface area contributed by atoms with Crippen molar-refractivity contribution in [3.63, 3.8) is 0 Å². The Balaban J connectivity index is 2.32. The van der Waals surface area contributed by atoms with Gasteiger partial charge in [0, 0.05) is 5.54 Å². The molecule has 1 aliphatic rings. The number of halogens is 2. The first-order valence-corrected chi connectivity index (χ1v) is 7.89. The van der Waals surface area contributed by atoms with Gasteiger partial charge in [0.2, 0.25) is 0 Å². The molecule has 0 radical (unpaired) electrons. The summed E-state index contributed by atoms with van der Waals surface area (Å²) >= 11 is 12.5. The summed E-state index contributed by atoms with van der Waals surface area (Å²) in [6, 6.07) is 5.64. The predicted molar refractivity (Wildman–Crippen MR) is 86.0 cm³/mol. The molecule has 112 valence electrons. The fraction of sp³-hybridized carbons (Fsp3) is 0.600. The van der Waals surface area contributed by atoms with E-state index in [2.05, 4.69) is 24.2 Å². The number of nitrogens with one attached hydrogen (secondary N) is 1. The van der Waals surface area contributed by atoms with E-state index in [1.165, 1.54) is 19.3 Å². The summed E-state index contributed by atoms with van der Waals surface area (Å²) in [5.74, 6) is 5.84. The van der Waals surface area contributed by atoms with Crippen molar-refractivity contribution in [2.45, 2.75) is 44.7 Å². The number of nitrogens with zero attached hydrogens (tertiary/aromatic N) is 1. The third-order valence-corrected chi connectivity index (χ3v) is 5.17. The topological polar surface area (TPSA) is 41.3 Å². The molecule has 1 heterocycles. The second-order valence-electron chi connectivity index (χ2n) is 5.94. The van der Waals surface area contributed by atoms with Crippen LogP contribution in [0, 0.1) is 0 Å². The molecule has 1 aliphatic heterocycles. The van der Waals surface area contributed by atoms with Crippen molar-refractivity contribution >= 4 is 23.2 Å². The molecule has 1 aromatic rings. The molecule has 0 bridgehead atoms. The van der Waals surface area contributed by atoms with Crippen molar-refractivity contribution in [1.82, 2.24) is 10.3 Å². The van der Waals surface area contributed by atoms with Crippen molar-refractivity contribution in [3.05, 3.63) is 33.8 Å². The molecule has 5 heteroatoms. The third kappa shape index (κ3) is 3.12. The van der Waals surface area contributed by atoms with Gasteiger partial charge in [-0.3, -0.25) is 16.2 Å². The van der Waals surface area contributed by atoms with Crippen LogP contribution in [-0.4, -0.2) is 23.5 Å². The first kappa shape index (κ1) is 16.1. The second kappa shape index (κ2) is 6.63. The maximum Gasteiger partial charge on any atom is 0.0653 e. The van der Waals surface area contributed by atoms with Gasteiger partial charge >= 0.3 is 0 Å². The van der Waals surface area contributed by atoms with Crippen LogP contribution in [0.4, 0.5) is 0 Å². The van der Waals surface area contributed by atoms with E-state index < -0.39 is 0 Å². The van der Waals surface area contributed by atoms with Crippen LogP contribution in [0.25, 0.3) is 0 Å². The van der Waals surface area contributed by atoms with Crippen LogP contribution >= 0.6 is 23.2 Å². The molecule has 1 aromatic carbocycles.